The van der Waals surface area contributed by atoms with E-state index in [2.05, 4.69) is 42.2 Å². The zero-order valence-electron chi connectivity index (χ0n) is 10.6. The molecule has 92 valence electrons. The number of nitrogens with two attached hydrogens (primary N) is 1. The van der Waals surface area contributed by atoms with Gasteiger partial charge >= 0.3 is 0 Å². The molecule has 0 bridgehead atoms. The first-order valence-electron chi connectivity index (χ1n) is 5.83. The van der Waals surface area contributed by atoms with Gasteiger partial charge in [0.2, 0.25) is 0 Å². The second-order valence-electron chi connectivity index (χ2n) is 4.46. The van der Waals surface area contributed by atoms with Gasteiger partial charge in [-0.1, -0.05) is 0 Å². The summed E-state index contributed by atoms with van der Waals surface area (Å²) in [5.41, 5.74) is 10.8. The van der Waals surface area contributed by atoms with Gasteiger partial charge < -0.3 is 10.7 Å². The van der Waals surface area contributed by atoms with Crippen LogP contribution in [-0.4, -0.2) is 22.0 Å². The number of aryl methyl sites for hydroxylation is 2. The Morgan fingerprint density at radius 2 is 2.06 bits per heavy atom. The molecular formula is C13H19N3S. The van der Waals surface area contributed by atoms with Crippen molar-refractivity contribution in [2.45, 2.75) is 26.3 Å². The molecule has 2 rings (SSSR count). The van der Waals surface area contributed by atoms with Crippen LogP contribution in [-0.2, 0) is 0 Å². The highest BCUT2D eigenvalue weighted by atomic mass is 32.2. The molecule has 0 amide bonds. The Bertz CT molecular complexity index is 480. The molecule has 0 aliphatic carbocycles. The van der Waals surface area contributed by atoms with Crippen molar-refractivity contribution in [3.8, 4) is 0 Å². The molecule has 0 saturated carbocycles. The fourth-order valence-electron chi connectivity index (χ4n) is 1.85. The van der Waals surface area contributed by atoms with Gasteiger partial charge in [0.25, 0.3) is 0 Å². The first-order chi connectivity index (χ1) is 8.11. The highest BCUT2D eigenvalue weighted by Crippen LogP contribution is 2.21. The van der Waals surface area contributed by atoms with Crippen LogP contribution in [0.15, 0.2) is 12.1 Å². The Kier molecular flexibility index (Phi) is 3.74. The van der Waals surface area contributed by atoms with Crippen molar-refractivity contribution in [3.05, 3.63) is 29.1 Å². The Hall–Kier alpha value is -1.00. The molecule has 0 saturated heterocycles. The molecule has 1 aromatic carbocycles. The van der Waals surface area contributed by atoms with Gasteiger partial charge in [0, 0.05) is 0 Å². The number of H-pyrrole nitrogens is 1. The number of nitrogens with zero attached hydrogens (tertiary/aromatic N) is 1. The Morgan fingerprint density at radius 3 is 2.76 bits per heavy atom. The van der Waals surface area contributed by atoms with Crippen LogP contribution in [0.2, 0.25) is 0 Å². The summed E-state index contributed by atoms with van der Waals surface area (Å²) in [7, 11) is 0. The fourth-order valence-corrected chi connectivity index (χ4v) is 2.34. The normalized spacial score (nSPS) is 13.2. The minimum Gasteiger partial charge on any atom is -0.341 e. The lowest BCUT2D eigenvalue weighted by Crippen LogP contribution is -2.12. The summed E-state index contributed by atoms with van der Waals surface area (Å²) >= 11 is 1.81. The lowest BCUT2D eigenvalue weighted by molar-refractivity contribution is 0.666. The summed E-state index contributed by atoms with van der Waals surface area (Å²) in [6.45, 7) is 4.22. The first kappa shape index (κ1) is 12.5. The van der Waals surface area contributed by atoms with Gasteiger partial charge in [0.15, 0.2) is 0 Å². The third-order valence-corrected chi connectivity index (χ3v) is 3.74. The zero-order valence-corrected chi connectivity index (χ0v) is 11.4. The predicted octanol–water partition coefficient (Wildman–Crippen LogP) is 2.93. The maximum absolute atomic E-state index is 6.11. The van der Waals surface area contributed by atoms with Crippen LogP contribution < -0.4 is 5.73 Å². The standard InChI is InChI=1S/C13H19N3S/c1-8-6-11-12(7-9(8)2)16-13(15-11)10(14)4-5-17-3/h6-7,10H,4-5,14H2,1-3H3,(H,15,16). The van der Waals surface area contributed by atoms with Crippen LogP contribution in [0.25, 0.3) is 11.0 Å². The molecule has 1 atom stereocenters. The van der Waals surface area contributed by atoms with Gasteiger partial charge in [-0.25, -0.2) is 4.98 Å². The molecule has 0 fully saturated rings. The smallest absolute Gasteiger partial charge is 0.124 e. The highest BCUT2D eigenvalue weighted by molar-refractivity contribution is 7.98. The van der Waals surface area contributed by atoms with E-state index in [-0.39, 0.29) is 6.04 Å². The van der Waals surface area contributed by atoms with Crippen molar-refractivity contribution in [1.29, 1.82) is 0 Å². The molecule has 3 nitrogen and oxygen atoms in total. The third-order valence-electron chi connectivity index (χ3n) is 3.10. The van der Waals surface area contributed by atoms with E-state index in [1.807, 2.05) is 11.8 Å². The van der Waals surface area contributed by atoms with Crippen LogP contribution in [0.4, 0.5) is 0 Å². The second-order valence-corrected chi connectivity index (χ2v) is 5.45. The van der Waals surface area contributed by atoms with Gasteiger partial charge in [-0.3, -0.25) is 0 Å². The van der Waals surface area contributed by atoms with Crippen molar-refractivity contribution >= 4 is 22.8 Å². The number of aromatic amines is 1. The molecular weight excluding hydrogens is 230 g/mol. The summed E-state index contributed by atoms with van der Waals surface area (Å²) in [4.78, 5) is 7.90. The van der Waals surface area contributed by atoms with Gasteiger partial charge in [-0.2, -0.15) is 11.8 Å². The molecule has 0 radical (unpaired) electrons. The van der Waals surface area contributed by atoms with Crippen LogP contribution in [0.1, 0.15) is 29.4 Å². The van der Waals surface area contributed by atoms with Gasteiger partial charge in [0.05, 0.1) is 17.1 Å². The summed E-state index contributed by atoms with van der Waals surface area (Å²) < 4.78 is 0. The molecule has 0 aliphatic rings. The monoisotopic (exact) mass is 249 g/mol. The SMILES string of the molecule is CSCCC(N)c1nc2cc(C)c(C)cc2[nH]1. The lowest BCUT2D eigenvalue weighted by atomic mass is 10.1. The summed E-state index contributed by atoms with van der Waals surface area (Å²) in [5, 5.41) is 0. The molecule has 1 heterocycles. The summed E-state index contributed by atoms with van der Waals surface area (Å²) in [6, 6.07) is 4.27. The second kappa shape index (κ2) is 5.10. The largest absolute Gasteiger partial charge is 0.341 e. The van der Waals surface area contributed by atoms with E-state index < -0.39 is 0 Å². The van der Waals surface area contributed by atoms with Crippen molar-refractivity contribution < 1.29 is 0 Å². The Morgan fingerprint density at radius 1 is 1.35 bits per heavy atom. The number of rotatable bonds is 4. The number of nitrogens with one attached hydrogen (secondary N) is 1. The maximum atomic E-state index is 6.11. The molecule has 1 unspecified atom stereocenters. The number of imidazole rings is 1. The lowest BCUT2D eigenvalue weighted by Gasteiger charge is -2.06. The predicted molar refractivity (Wildman–Crippen MR) is 75.5 cm³/mol. The molecule has 17 heavy (non-hydrogen) atoms. The van der Waals surface area contributed by atoms with E-state index in [0.29, 0.717) is 0 Å². The molecule has 2 aromatic rings. The minimum atomic E-state index is 0.00969. The Balaban J connectivity index is 2.31. The number of hydrogen-bond donors (Lipinski definition) is 2. The van der Waals surface area contributed by atoms with Crippen molar-refractivity contribution in [3.63, 3.8) is 0 Å². The van der Waals surface area contributed by atoms with Gasteiger partial charge in [0.1, 0.15) is 5.82 Å². The van der Waals surface area contributed by atoms with E-state index in [1.165, 1.54) is 11.1 Å². The quantitative estimate of drug-likeness (QED) is 0.876. The first-order valence-corrected chi connectivity index (χ1v) is 7.22. The van der Waals surface area contributed by atoms with Gasteiger partial charge in [-0.05, 0) is 55.5 Å². The molecule has 1 aromatic heterocycles. The average Bonchev–Trinajstić information content (AvgIpc) is 2.69. The van der Waals surface area contributed by atoms with Crippen molar-refractivity contribution in [1.82, 2.24) is 9.97 Å². The highest BCUT2D eigenvalue weighted by Gasteiger charge is 2.11. The number of fused-ring (bicyclic) bond motifs is 1. The average molecular weight is 249 g/mol. The maximum Gasteiger partial charge on any atom is 0.124 e. The zero-order chi connectivity index (χ0) is 12.4. The minimum absolute atomic E-state index is 0.00969. The van der Waals surface area contributed by atoms with Crippen LogP contribution >= 0.6 is 11.8 Å². The Labute approximate surface area is 106 Å². The van der Waals surface area contributed by atoms with E-state index in [9.17, 15) is 0 Å². The van der Waals surface area contributed by atoms with E-state index in [0.717, 1.165) is 29.0 Å². The van der Waals surface area contributed by atoms with Gasteiger partial charge in [-0.15, -0.1) is 0 Å². The molecule has 3 N–H and O–H groups in total. The number of aromatic nitrogens is 2. The topological polar surface area (TPSA) is 54.7 Å². The molecule has 4 heteroatoms. The van der Waals surface area contributed by atoms with E-state index >= 15 is 0 Å². The number of thioether (sulfide) groups is 1. The van der Waals surface area contributed by atoms with E-state index in [4.69, 9.17) is 5.73 Å². The summed E-state index contributed by atoms with van der Waals surface area (Å²) in [6.07, 6.45) is 3.05. The number of benzene rings is 1. The fraction of sp³-hybridized carbons (Fsp3) is 0.462. The third kappa shape index (κ3) is 2.64. The van der Waals surface area contributed by atoms with Crippen LogP contribution in [0.5, 0.6) is 0 Å². The van der Waals surface area contributed by atoms with Crippen LogP contribution in [0.3, 0.4) is 0 Å². The molecule has 0 spiro atoms. The van der Waals surface area contributed by atoms with Crippen molar-refractivity contribution in [2.75, 3.05) is 12.0 Å². The summed E-state index contributed by atoms with van der Waals surface area (Å²) in [5.74, 6) is 1.97. The van der Waals surface area contributed by atoms with Crippen molar-refractivity contribution in [2.24, 2.45) is 5.73 Å². The molecule has 0 aliphatic heterocycles. The van der Waals surface area contributed by atoms with E-state index in [1.54, 1.807) is 0 Å². The van der Waals surface area contributed by atoms with Crippen LogP contribution in [0, 0.1) is 13.8 Å². The number of hydrogen-bond acceptors (Lipinski definition) is 3.